The highest BCUT2D eigenvalue weighted by atomic mass is 32.2. The van der Waals surface area contributed by atoms with Gasteiger partial charge in [0.05, 0.1) is 23.1 Å². The molecule has 8 nitrogen and oxygen atoms in total. The molecule has 1 saturated heterocycles. The van der Waals surface area contributed by atoms with Crippen LogP contribution in [0.1, 0.15) is 48.7 Å². The van der Waals surface area contributed by atoms with Crippen LogP contribution >= 0.6 is 0 Å². The fraction of sp³-hybridized carbons (Fsp3) is 0.391. The zero-order valence-corrected chi connectivity index (χ0v) is 19.9. The fourth-order valence-corrected chi connectivity index (χ4v) is 5.29. The van der Waals surface area contributed by atoms with Crippen molar-refractivity contribution in [1.29, 1.82) is 0 Å². The van der Waals surface area contributed by atoms with Crippen LogP contribution in [0.5, 0.6) is 0 Å². The zero-order valence-electron chi connectivity index (χ0n) is 19.0. The Morgan fingerprint density at radius 1 is 1.35 bits per heavy atom. The van der Waals surface area contributed by atoms with Crippen molar-refractivity contribution in [2.45, 2.75) is 38.9 Å². The molecular weight excluding hydrogens is 466 g/mol. The Hall–Kier alpha value is -2.89. The molecule has 0 amide bonds. The second-order valence-corrected chi connectivity index (χ2v) is 10.5. The number of anilines is 1. The zero-order chi connectivity index (χ0) is 24.7. The maximum Gasteiger partial charge on any atom is 0.232 e. The lowest BCUT2D eigenvalue weighted by atomic mass is 9.93. The van der Waals surface area contributed by atoms with Crippen LogP contribution in [-0.4, -0.2) is 49.1 Å². The number of fused-ring (bicyclic) bond motifs is 1. The number of ether oxygens (including phenoxy) is 1. The number of carbonyl (C=O) groups excluding carboxylic acids is 1. The predicted octanol–water partition coefficient (Wildman–Crippen LogP) is 3.45. The summed E-state index contributed by atoms with van der Waals surface area (Å²) in [6.45, 7) is 6.73. The summed E-state index contributed by atoms with van der Waals surface area (Å²) in [4.78, 5) is 20.5. The van der Waals surface area contributed by atoms with Gasteiger partial charge in [0.1, 0.15) is 17.1 Å². The summed E-state index contributed by atoms with van der Waals surface area (Å²) in [6, 6.07) is 3.54. The first-order chi connectivity index (χ1) is 16.0. The molecule has 3 N–H and O–H groups in total. The number of nitrogens with one attached hydrogen (secondary N) is 3. The molecule has 1 aliphatic rings. The van der Waals surface area contributed by atoms with Crippen molar-refractivity contribution in [2.24, 2.45) is 0 Å². The third-order valence-corrected chi connectivity index (χ3v) is 7.27. The van der Waals surface area contributed by atoms with Gasteiger partial charge in [-0.3, -0.25) is 9.52 Å². The third kappa shape index (κ3) is 4.55. The van der Waals surface area contributed by atoms with Gasteiger partial charge in [-0.1, -0.05) is 6.92 Å². The average molecular weight is 493 g/mol. The smallest absolute Gasteiger partial charge is 0.232 e. The monoisotopic (exact) mass is 492 g/mol. The minimum Gasteiger partial charge on any atom is -0.365 e. The number of H-pyrrole nitrogens is 1. The number of nitrogens with zero attached hydrogens (tertiary/aromatic N) is 1. The number of ketones is 1. The Morgan fingerprint density at radius 2 is 2.12 bits per heavy atom. The number of hydrogen-bond donors (Lipinski definition) is 3. The van der Waals surface area contributed by atoms with Crippen LogP contribution in [0.3, 0.4) is 0 Å². The highest BCUT2D eigenvalue weighted by molar-refractivity contribution is 7.92. The van der Waals surface area contributed by atoms with E-state index >= 15 is 4.39 Å². The van der Waals surface area contributed by atoms with Crippen molar-refractivity contribution in [2.75, 3.05) is 23.6 Å². The van der Waals surface area contributed by atoms with Crippen molar-refractivity contribution in [3.8, 4) is 0 Å². The SMILES string of the molecule is CCCS(=O)(=O)Nc1ccc(F)c(C(=O)c2c[nH]c3ncc(C4(C)CNCC(C)O4)cc23)c1F. The van der Waals surface area contributed by atoms with E-state index in [0.29, 0.717) is 36.1 Å². The van der Waals surface area contributed by atoms with E-state index in [-0.39, 0.29) is 17.4 Å². The van der Waals surface area contributed by atoms with Crippen LogP contribution in [0.15, 0.2) is 30.6 Å². The van der Waals surface area contributed by atoms with Crippen LogP contribution in [-0.2, 0) is 20.4 Å². The number of hydrogen-bond acceptors (Lipinski definition) is 6. The van der Waals surface area contributed by atoms with Gasteiger partial charge in [0.15, 0.2) is 5.82 Å². The van der Waals surface area contributed by atoms with Crippen molar-refractivity contribution in [3.63, 3.8) is 0 Å². The molecule has 0 spiro atoms. The molecular formula is C23H26F2N4O4S. The number of rotatable bonds is 7. The van der Waals surface area contributed by atoms with Crippen LogP contribution in [0, 0.1) is 11.6 Å². The summed E-state index contributed by atoms with van der Waals surface area (Å²) in [5.41, 5.74) is -0.956. The number of sulfonamides is 1. The largest absolute Gasteiger partial charge is 0.365 e. The second-order valence-electron chi connectivity index (χ2n) is 8.65. The van der Waals surface area contributed by atoms with Gasteiger partial charge in [0, 0.05) is 42.0 Å². The van der Waals surface area contributed by atoms with Crippen LogP contribution in [0.2, 0.25) is 0 Å². The van der Waals surface area contributed by atoms with Gasteiger partial charge in [0.2, 0.25) is 15.8 Å². The topological polar surface area (TPSA) is 113 Å². The molecule has 2 atom stereocenters. The summed E-state index contributed by atoms with van der Waals surface area (Å²) in [5.74, 6) is -3.54. The van der Waals surface area contributed by atoms with Crippen LogP contribution < -0.4 is 10.0 Å². The third-order valence-electron chi connectivity index (χ3n) is 5.80. The van der Waals surface area contributed by atoms with Gasteiger partial charge in [0.25, 0.3) is 0 Å². The Labute approximate surface area is 196 Å². The van der Waals surface area contributed by atoms with Gasteiger partial charge in [-0.25, -0.2) is 22.2 Å². The molecule has 34 heavy (non-hydrogen) atoms. The normalized spacial score (nSPS) is 21.0. The lowest BCUT2D eigenvalue weighted by Gasteiger charge is -2.38. The molecule has 2 aromatic heterocycles. The molecule has 4 rings (SSSR count). The van der Waals surface area contributed by atoms with Crippen LogP contribution in [0.25, 0.3) is 11.0 Å². The van der Waals surface area contributed by atoms with Crippen molar-refractivity contribution in [3.05, 3.63) is 58.9 Å². The number of morpholine rings is 1. The van der Waals surface area contributed by atoms with Gasteiger partial charge in [-0.2, -0.15) is 0 Å². The fourth-order valence-electron chi connectivity index (χ4n) is 4.15. The standard InChI is InChI=1S/C23H26F2N4O4S/c1-4-7-34(31,32)29-18-6-5-17(24)19(20(18)25)21(30)16-11-28-22-15(16)8-14(10-27-22)23(3)12-26-9-13(2)33-23/h5-6,8,10-11,13,26,29H,4,7,9,12H2,1-3H3,(H,27,28). The Balaban J connectivity index is 1.76. The molecule has 0 bridgehead atoms. The van der Waals surface area contributed by atoms with Gasteiger partial charge < -0.3 is 15.0 Å². The molecule has 1 aromatic carbocycles. The Morgan fingerprint density at radius 3 is 2.82 bits per heavy atom. The number of aromatic amines is 1. The lowest BCUT2D eigenvalue weighted by Crippen LogP contribution is -2.49. The second kappa shape index (κ2) is 9.05. The number of halogens is 2. The summed E-state index contributed by atoms with van der Waals surface area (Å²) in [5, 5.41) is 3.67. The first-order valence-corrected chi connectivity index (χ1v) is 12.6. The summed E-state index contributed by atoms with van der Waals surface area (Å²) in [7, 11) is -3.84. The minimum atomic E-state index is -3.84. The molecule has 1 fully saturated rings. The van der Waals surface area contributed by atoms with E-state index in [0.717, 1.165) is 12.1 Å². The van der Waals surface area contributed by atoms with Crippen LogP contribution in [0.4, 0.5) is 14.5 Å². The van der Waals surface area contributed by atoms with Crippen molar-refractivity contribution in [1.82, 2.24) is 15.3 Å². The van der Waals surface area contributed by atoms with E-state index in [1.54, 1.807) is 19.2 Å². The summed E-state index contributed by atoms with van der Waals surface area (Å²) in [6.07, 6.45) is 3.24. The van der Waals surface area contributed by atoms with E-state index in [4.69, 9.17) is 4.74 Å². The first kappa shape index (κ1) is 24.2. The first-order valence-electron chi connectivity index (χ1n) is 10.9. The summed E-state index contributed by atoms with van der Waals surface area (Å²) < 4.78 is 62.2. The number of carbonyl (C=O) groups is 1. The molecule has 182 valence electrons. The molecule has 3 aromatic rings. The molecule has 1 aliphatic heterocycles. The van der Waals surface area contributed by atoms with E-state index in [1.807, 2.05) is 13.8 Å². The van der Waals surface area contributed by atoms with E-state index in [9.17, 15) is 17.6 Å². The van der Waals surface area contributed by atoms with E-state index < -0.39 is 44.3 Å². The van der Waals surface area contributed by atoms with Gasteiger partial charge in [-0.05, 0) is 38.5 Å². The molecule has 0 saturated carbocycles. The molecule has 2 unspecified atom stereocenters. The predicted molar refractivity (Wildman–Crippen MR) is 124 cm³/mol. The Kier molecular flexibility index (Phi) is 6.45. The molecule has 0 aliphatic carbocycles. The quantitative estimate of drug-likeness (QED) is 0.436. The van der Waals surface area contributed by atoms with Gasteiger partial charge >= 0.3 is 0 Å². The number of benzene rings is 1. The molecule has 11 heteroatoms. The van der Waals surface area contributed by atoms with Crippen molar-refractivity contribution >= 4 is 32.5 Å². The molecule has 0 radical (unpaired) electrons. The Bertz CT molecular complexity index is 1360. The van der Waals surface area contributed by atoms with Gasteiger partial charge in [-0.15, -0.1) is 0 Å². The highest BCUT2D eigenvalue weighted by Gasteiger charge is 2.34. The maximum absolute atomic E-state index is 15.2. The average Bonchev–Trinajstić information content (AvgIpc) is 3.19. The molecule has 3 heterocycles. The van der Waals surface area contributed by atoms with E-state index in [1.165, 1.54) is 6.20 Å². The lowest BCUT2D eigenvalue weighted by molar-refractivity contribution is -0.102. The summed E-state index contributed by atoms with van der Waals surface area (Å²) >= 11 is 0. The number of aromatic nitrogens is 2. The minimum absolute atomic E-state index is 0.0103. The highest BCUT2D eigenvalue weighted by Crippen LogP contribution is 2.32. The maximum atomic E-state index is 15.2. The van der Waals surface area contributed by atoms with E-state index in [2.05, 4.69) is 20.0 Å². The number of pyridine rings is 1. The van der Waals surface area contributed by atoms with Crippen molar-refractivity contribution < 1.29 is 26.7 Å².